The number of hydrogen-bond acceptors (Lipinski definition) is 3. The summed E-state index contributed by atoms with van der Waals surface area (Å²) < 4.78 is 5.68. The Morgan fingerprint density at radius 1 is 1.00 bits per heavy atom. The second-order valence-corrected chi connectivity index (χ2v) is 4.95. The molecule has 2 aromatic rings. The van der Waals surface area contributed by atoms with E-state index in [9.17, 15) is 0 Å². The first-order valence-corrected chi connectivity index (χ1v) is 6.95. The van der Waals surface area contributed by atoms with Crippen molar-refractivity contribution in [1.82, 2.24) is 0 Å². The Hall–Kier alpha value is -1.61. The second-order valence-electron chi connectivity index (χ2n) is 3.78. The minimum absolute atomic E-state index is 0.721. The molecule has 0 unspecified atom stereocenters. The van der Waals surface area contributed by atoms with Gasteiger partial charge < -0.3 is 10.1 Å². The van der Waals surface area contributed by atoms with Crippen LogP contribution in [0.15, 0.2) is 59.5 Å². The summed E-state index contributed by atoms with van der Waals surface area (Å²) in [6.07, 6.45) is 0. The minimum Gasteiger partial charge on any atom is -0.493 e. The van der Waals surface area contributed by atoms with Crippen molar-refractivity contribution in [2.45, 2.75) is 4.90 Å². The predicted octanol–water partition coefficient (Wildman–Crippen LogP) is 3.90. The highest BCUT2D eigenvalue weighted by atomic mass is 32.2. The maximum atomic E-state index is 5.68. The Bertz CT molecular complexity index is 456. The van der Waals surface area contributed by atoms with E-state index in [0.717, 1.165) is 23.8 Å². The van der Waals surface area contributed by atoms with Gasteiger partial charge in [-0.25, -0.2) is 0 Å². The van der Waals surface area contributed by atoms with E-state index in [4.69, 9.17) is 4.74 Å². The molecule has 2 nitrogen and oxygen atoms in total. The highest BCUT2D eigenvalue weighted by molar-refractivity contribution is 7.99. The molecule has 0 bridgehead atoms. The highest BCUT2D eigenvalue weighted by Gasteiger charge is 1.95. The van der Waals surface area contributed by atoms with Gasteiger partial charge in [0, 0.05) is 23.4 Å². The molecule has 0 fully saturated rings. The normalized spacial score (nSPS) is 10.1. The quantitative estimate of drug-likeness (QED) is 0.628. The van der Waals surface area contributed by atoms with Crippen LogP contribution >= 0.6 is 11.8 Å². The van der Waals surface area contributed by atoms with Gasteiger partial charge in [-0.1, -0.05) is 18.2 Å². The molecule has 2 rings (SSSR count). The van der Waals surface area contributed by atoms with Gasteiger partial charge in [0.15, 0.2) is 0 Å². The summed E-state index contributed by atoms with van der Waals surface area (Å²) in [5, 5.41) is 3.08. The SMILES string of the molecule is CNc1ccc(OCCSc2ccccc2)cc1. The fraction of sp³-hybridized carbons (Fsp3) is 0.200. The van der Waals surface area contributed by atoms with E-state index in [0.29, 0.717) is 0 Å². The number of rotatable bonds is 6. The van der Waals surface area contributed by atoms with Crippen LogP contribution in [0.5, 0.6) is 5.75 Å². The summed E-state index contributed by atoms with van der Waals surface area (Å²) in [5.41, 5.74) is 1.10. The largest absolute Gasteiger partial charge is 0.493 e. The van der Waals surface area contributed by atoms with Crippen LogP contribution < -0.4 is 10.1 Å². The number of thioether (sulfide) groups is 1. The molecule has 1 N–H and O–H groups in total. The van der Waals surface area contributed by atoms with E-state index in [2.05, 4.69) is 29.6 Å². The molecule has 0 atom stereocenters. The third-order valence-corrected chi connectivity index (χ3v) is 3.48. The van der Waals surface area contributed by atoms with E-state index in [1.165, 1.54) is 4.90 Å². The zero-order valence-electron chi connectivity index (χ0n) is 10.4. The van der Waals surface area contributed by atoms with Crippen molar-refractivity contribution in [2.75, 3.05) is 24.7 Å². The van der Waals surface area contributed by atoms with E-state index in [-0.39, 0.29) is 0 Å². The van der Waals surface area contributed by atoms with Crippen molar-refractivity contribution in [1.29, 1.82) is 0 Å². The van der Waals surface area contributed by atoms with Crippen LogP contribution in [0.2, 0.25) is 0 Å². The van der Waals surface area contributed by atoms with E-state index in [1.54, 1.807) is 0 Å². The Balaban J connectivity index is 1.72. The molecule has 0 saturated carbocycles. The maximum absolute atomic E-state index is 5.68. The zero-order chi connectivity index (χ0) is 12.6. The van der Waals surface area contributed by atoms with Crippen molar-refractivity contribution >= 4 is 17.4 Å². The number of ether oxygens (including phenoxy) is 1. The third-order valence-electron chi connectivity index (χ3n) is 2.51. The van der Waals surface area contributed by atoms with Crippen molar-refractivity contribution in [3.63, 3.8) is 0 Å². The molecule has 0 aliphatic rings. The molecule has 0 saturated heterocycles. The van der Waals surface area contributed by atoms with Crippen molar-refractivity contribution in [2.24, 2.45) is 0 Å². The number of nitrogens with one attached hydrogen (secondary N) is 1. The van der Waals surface area contributed by atoms with Gasteiger partial charge in [0.1, 0.15) is 5.75 Å². The lowest BCUT2D eigenvalue weighted by Crippen LogP contribution is -2.00. The van der Waals surface area contributed by atoms with Crippen LogP contribution in [-0.2, 0) is 0 Å². The van der Waals surface area contributed by atoms with Gasteiger partial charge in [-0.2, -0.15) is 0 Å². The zero-order valence-corrected chi connectivity index (χ0v) is 11.2. The van der Waals surface area contributed by atoms with Crippen LogP contribution in [0.4, 0.5) is 5.69 Å². The van der Waals surface area contributed by atoms with Crippen molar-refractivity contribution < 1.29 is 4.74 Å². The highest BCUT2D eigenvalue weighted by Crippen LogP contribution is 2.18. The molecule has 18 heavy (non-hydrogen) atoms. The first kappa shape index (κ1) is 12.8. The predicted molar refractivity (Wildman–Crippen MR) is 78.6 cm³/mol. The third kappa shape index (κ3) is 4.00. The van der Waals surface area contributed by atoms with Gasteiger partial charge in [0.2, 0.25) is 0 Å². The van der Waals surface area contributed by atoms with Crippen LogP contribution in [0.1, 0.15) is 0 Å². The average molecular weight is 259 g/mol. The summed E-state index contributed by atoms with van der Waals surface area (Å²) in [4.78, 5) is 1.28. The lowest BCUT2D eigenvalue weighted by Gasteiger charge is -2.07. The second kappa shape index (κ2) is 6.97. The van der Waals surface area contributed by atoms with Gasteiger partial charge >= 0.3 is 0 Å². The molecule has 0 spiro atoms. The Morgan fingerprint density at radius 2 is 1.72 bits per heavy atom. The number of anilines is 1. The first-order valence-electron chi connectivity index (χ1n) is 5.97. The van der Waals surface area contributed by atoms with Crippen molar-refractivity contribution in [3.8, 4) is 5.75 Å². The average Bonchev–Trinajstić information content (AvgIpc) is 2.45. The smallest absolute Gasteiger partial charge is 0.119 e. The van der Waals surface area contributed by atoms with Crippen LogP contribution in [-0.4, -0.2) is 19.4 Å². The summed E-state index contributed by atoms with van der Waals surface area (Å²) in [6, 6.07) is 18.4. The molecular weight excluding hydrogens is 242 g/mol. The maximum Gasteiger partial charge on any atom is 0.119 e. The van der Waals surface area contributed by atoms with Crippen LogP contribution in [0.3, 0.4) is 0 Å². The summed E-state index contributed by atoms with van der Waals surface area (Å²) in [7, 11) is 1.91. The molecule has 94 valence electrons. The molecule has 0 aliphatic carbocycles. The topological polar surface area (TPSA) is 21.3 Å². The number of hydrogen-bond donors (Lipinski definition) is 1. The first-order chi connectivity index (χ1) is 8.88. The lowest BCUT2D eigenvalue weighted by atomic mass is 10.3. The fourth-order valence-electron chi connectivity index (χ4n) is 1.55. The van der Waals surface area contributed by atoms with Crippen molar-refractivity contribution in [3.05, 3.63) is 54.6 Å². The number of benzene rings is 2. The summed E-state index contributed by atoms with van der Waals surface area (Å²) >= 11 is 1.81. The van der Waals surface area contributed by atoms with Gasteiger partial charge in [0.25, 0.3) is 0 Å². The molecule has 3 heteroatoms. The van der Waals surface area contributed by atoms with E-state index >= 15 is 0 Å². The molecule has 0 heterocycles. The Labute approximate surface area is 112 Å². The van der Waals surface area contributed by atoms with Gasteiger partial charge in [-0.15, -0.1) is 11.8 Å². The standard InChI is InChI=1S/C15H17NOS/c1-16-13-7-9-14(10-8-13)17-11-12-18-15-5-3-2-4-6-15/h2-10,16H,11-12H2,1H3. The van der Waals surface area contributed by atoms with Crippen LogP contribution in [0, 0.1) is 0 Å². The molecule has 2 aromatic carbocycles. The Kier molecular flexibility index (Phi) is 4.97. The van der Waals surface area contributed by atoms with E-state index < -0.39 is 0 Å². The van der Waals surface area contributed by atoms with E-state index in [1.807, 2.05) is 49.1 Å². The van der Waals surface area contributed by atoms with Gasteiger partial charge in [-0.3, -0.25) is 0 Å². The fourth-order valence-corrected chi connectivity index (χ4v) is 2.31. The minimum atomic E-state index is 0.721. The molecule has 0 amide bonds. The van der Waals surface area contributed by atoms with Crippen LogP contribution in [0.25, 0.3) is 0 Å². The molecule has 0 radical (unpaired) electrons. The monoisotopic (exact) mass is 259 g/mol. The Morgan fingerprint density at radius 3 is 2.39 bits per heavy atom. The van der Waals surface area contributed by atoms with Gasteiger partial charge in [0.05, 0.1) is 6.61 Å². The molecular formula is C15H17NOS. The summed E-state index contributed by atoms with van der Waals surface area (Å²) in [6.45, 7) is 0.721. The lowest BCUT2D eigenvalue weighted by molar-refractivity contribution is 0.344. The van der Waals surface area contributed by atoms with Gasteiger partial charge in [-0.05, 0) is 36.4 Å². The summed E-state index contributed by atoms with van der Waals surface area (Å²) in [5.74, 6) is 1.88. The molecule has 0 aromatic heterocycles. The molecule has 0 aliphatic heterocycles.